The third-order valence-corrected chi connectivity index (χ3v) is 7.88. The van der Waals surface area contributed by atoms with Crippen molar-refractivity contribution >= 4 is 23.6 Å². The minimum Gasteiger partial charge on any atom is -0.489 e. The van der Waals surface area contributed by atoms with E-state index in [-0.39, 0.29) is 24.2 Å². The van der Waals surface area contributed by atoms with Crippen LogP contribution >= 0.6 is 0 Å². The van der Waals surface area contributed by atoms with Gasteiger partial charge >= 0.3 is 0 Å². The summed E-state index contributed by atoms with van der Waals surface area (Å²) in [5, 5.41) is 11.2. The van der Waals surface area contributed by atoms with Crippen LogP contribution in [-0.2, 0) is 32.2 Å². The van der Waals surface area contributed by atoms with Gasteiger partial charge < -0.3 is 26.0 Å². The maximum absolute atomic E-state index is 13.3. The number of ether oxygens (including phenoxy) is 1. The molecule has 0 spiro atoms. The first-order valence-electron chi connectivity index (χ1n) is 15.5. The molecule has 0 radical (unpaired) electrons. The lowest BCUT2D eigenvalue weighted by atomic mass is 9.87. The minimum atomic E-state index is -0.886. The predicted octanol–water partition coefficient (Wildman–Crippen LogP) is 4.04. The van der Waals surface area contributed by atoms with Gasteiger partial charge in [0.05, 0.1) is 0 Å². The maximum Gasteiger partial charge on any atom is 0.243 e. The van der Waals surface area contributed by atoms with Crippen molar-refractivity contribution in [2.45, 2.75) is 97.4 Å². The lowest BCUT2D eigenvalue weighted by molar-refractivity contribution is -0.134. The Morgan fingerprint density at radius 3 is 2.09 bits per heavy atom. The number of nitrogens with one attached hydrogen (secondary N) is 4. The molecule has 0 saturated heterocycles. The van der Waals surface area contributed by atoms with E-state index in [0.29, 0.717) is 24.8 Å². The highest BCUT2D eigenvalue weighted by Gasteiger charge is 2.30. The molecular weight excluding hydrogens is 544 g/mol. The third kappa shape index (κ3) is 11.7. The summed E-state index contributed by atoms with van der Waals surface area (Å²) in [6.07, 6.45) is 7.42. The molecule has 4 amide bonds. The molecule has 1 aliphatic rings. The third-order valence-electron chi connectivity index (χ3n) is 7.88. The van der Waals surface area contributed by atoms with Crippen LogP contribution in [0.25, 0.3) is 0 Å². The molecule has 0 heterocycles. The fourth-order valence-corrected chi connectivity index (χ4v) is 5.34. The monoisotopic (exact) mass is 592 g/mol. The Bertz CT molecular complexity index is 1180. The smallest absolute Gasteiger partial charge is 0.243 e. The summed E-state index contributed by atoms with van der Waals surface area (Å²) >= 11 is 0. The topological polar surface area (TPSA) is 126 Å². The van der Waals surface area contributed by atoms with Crippen LogP contribution in [0.5, 0.6) is 5.75 Å². The molecule has 0 aromatic heterocycles. The molecule has 3 rings (SSSR count). The largest absolute Gasteiger partial charge is 0.489 e. The Hall–Kier alpha value is -3.88. The van der Waals surface area contributed by atoms with E-state index in [1.807, 2.05) is 68.4 Å². The highest BCUT2D eigenvalue weighted by Crippen LogP contribution is 2.25. The van der Waals surface area contributed by atoms with Crippen molar-refractivity contribution in [2.75, 3.05) is 6.54 Å². The van der Waals surface area contributed by atoms with Crippen molar-refractivity contribution in [1.29, 1.82) is 0 Å². The number of rotatable bonds is 15. The molecule has 234 valence electrons. The Morgan fingerprint density at radius 2 is 1.47 bits per heavy atom. The lowest BCUT2D eigenvalue weighted by Crippen LogP contribution is -2.58. The van der Waals surface area contributed by atoms with Crippen molar-refractivity contribution in [3.63, 3.8) is 0 Å². The second-order valence-electron chi connectivity index (χ2n) is 11.9. The molecule has 43 heavy (non-hydrogen) atoms. The van der Waals surface area contributed by atoms with Crippen LogP contribution in [-0.4, -0.2) is 48.3 Å². The summed E-state index contributed by atoms with van der Waals surface area (Å²) < 4.78 is 5.85. The van der Waals surface area contributed by atoms with Crippen LogP contribution < -0.4 is 26.0 Å². The van der Waals surface area contributed by atoms with E-state index in [4.69, 9.17) is 4.74 Å². The molecule has 1 fully saturated rings. The van der Waals surface area contributed by atoms with Crippen LogP contribution in [0.4, 0.5) is 0 Å². The number of benzene rings is 2. The van der Waals surface area contributed by atoms with Crippen LogP contribution in [0.2, 0.25) is 0 Å². The van der Waals surface area contributed by atoms with Gasteiger partial charge in [-0.05, 0) is 48.4 Å². The Labute approximate surface area is 255 Å². The summed E-state index contributed by atoms with van der Waals surface area (Å²) in [6, 6.07) is 14.7. The summed E-state index contributed by atoms with van der Waals surface area (Å²) in [5.74, 6) is -0.418. The SMILES string of the molecule is CC(=O)N[C@@H](Cc1ccc(OCc2ccccc2)cc1)C(=O)N[C@H](C(=O)N[C@@H](C)C(=O)NCCC1CCCCC1)C(C)C. The first kappa shape index (κ1) is 33.6. The fraction of sp³-hybridized carbons (Fsp3) is 0.529. The van der Waals surface area contributed by atoms with Gasteiger partial charge in [-0.3, -0.25) is 19.2 Å². The van der Waals surface area contributed by atoms with Gasteiger partial charge in [0.15, 0.2) is 0 Å². The molecule has 0 bridgehead atoms. The molecule has 1 aliphatic carbocycles. The first-order chi connectivity index (χ1) is 20.6. The minimum absolute atomic E-state index is 0.233. The lowest BCUT2D eigenvalue weighted by Gasteiger charge is -2.26. The average Bonchev–Trinajstić information content (AvgIpc) is 2.99. The van der Waals surface area contributed by atoms with Gasteiger partial charge in [-0.1, -0.05) is 88.4 Å². The van der Waals surface area contributed by atoms with E-state index in [2.05, 4.69) is 21.3 Å². The van der Waals surface area contributed by atoms with Crippen molar-refractivity contribution < 1.29 is 23.9 Å². The van der Waals surface area contributed by atoms with Crippen LogP contribution in [0.3, 0.4) is 0 Å². The molecule has 0 aliphatic heterocycles. The van der Waals surface area contributed by atoms with Crippen molar-refractivity contribution in [3.05, 3.63) is 65.7 Å². The standard InChI is InChI=1S/C34H48N4O5/c1-23(2)31(34(42)36-24(3)32(40)35-20-19-26-11-7-5-8-12-26)38-33(41)30(37-25(4)39)21-27-15-17-29(18-16-27)43-22-28-13-9-6-10-14-28/h6,9-10,13-18,23-24,26,30-31H,5,7-8,11-12,19-22H2,1-4H3,(H,35,40)(H,36,42)(H,37,39)(H,38,41)/t24-,30-,31-/m0/s1. The average molecular weight is 593 g/mol. The number of carbonyl (C=O) groups is 4. The van der Waals surface area contributed by atoms with Gasteiger partial charge in [0, 0.05) is 19.9 Å². The fourth-order valence-electron chi connectivity index (χ4n) is 5.34. The zero-order valence-corrected chi connectivity index (χ0v) is 26.0. The van der Waals surface area contributed by atoms with E-state index in [1.165, 1.54) is 39.0 Å². The molecule has 3 atom stereocenters. The van der Waals surface area contributed by atoms with E-state index < -0.39 is 29.9 Å². The van der Waals surface area contributed by atoms with Gasteiger partial charge in [0.1, 0.15) is 30.5 Å². The van der Waals surface area contributed by atoms with Crippen LogP contribution in [0.15, 0.2) is 54.6 Å². The molecule has 9 nitrogen and oxygen atoms in total. The highest BCUT2D eigenvalue weighted by molar-refractivity contribution is 5.94. The second-order valence-corrected chi connectivity index (χ2v) is 11.9. The Kier molecular flexibility index (Phi) is 13.5. The van der Waals surface area contributed by atoms with Crippen LogP contribution in [0, 0.1) is 11.8 Å². The summed E-state index contributed by atoms with van der Waals surface area (Å²) in [7, 11) is 0. The quantitative estimate of drug-likeness (QED) is 0.248. The number of hydrogen-bond acceptors (Lipinski definition) is 5. The van der Waals surface area contributed by atoms with E-state index >= 15 is 0 Å². The molecule has 2 aromatic carbocycles. The van der Waals surface area contributed by atoms with Gasteiger partial charge in [-0.15, -0.1) is 0 Å². The van der Waals surface area contributed by atoms with Crippen molar-refractivity contribution in [2.24, 2.45) is 11.8 Å². The molecule has 2 aromatic rings. The molecule has 4 N–H and O–H groups in total. The molecular formula is C34H48N4O5. The zero-order valence-electron chi connectivity index (χ0n) is 26.0. The number of amides is 4. The van der Waals surface area contributed by atoms with Crippen molar-refractivity contribution in [1.82, 2.24) is 21.3 Å². The molecule has 0 unspecified atom stereocenters. The Morgan fingerprint density at radius 1 is 0.791 bits per heavy atom. The normalized spacial score (nSPS) is 15.6. The molecule has 1 saturated carbocycles. The molecule has 9 heteroatoms. The number of hydrogen-bond donors (Lipinski definition) is 4. The van der Waals surface area contributed by atoms with E-state index in [9.17, 15) is 19.2 Å². The Balaban J connectivity index is 1.53. The zero-order chi connectivity index (χ0) is 31.2. The second kappa shape index (κ2) is 17.3. The van der Waals surface area contributed by atoms with Gasteiger partial charge in [-0.2, -0.15) is 0 Å². The van der Waals surface area contributed by atoms with E-state index in [0.717, 1.165) is 17.5 Å². The summed E-state index contributed by atoms with van der Waals surface area (Å²) in [5.41, 5.74) is 1.88. The van der Waals surface area contributed by atoms with Crippen LogP contribution in [0.1, 0.15) is 77.3 Å². The van der Waals surface area contributed by atoms with Crippen molar-refractivity contribution in [3.8, 4) is 5.75 Å². The summed E-state index contributed by atoms with van der Waals surface area (Å²) in [6.45, 7) is 7.66. The van der Waals surface area contributed by atoms with Gasteiger partial charge in [0.25, 0.3) is 0 Å². The predicted molar refractivity (Wildman–Crippen MR) is 167 cm³/mol. The summed E-state index contributed by atoms with van der Waals surface area (Å²) in [4.78, 5) is 51.1. The number of carbonyl (C=O) groups excluding carboxylic acids is 4. The maximum atomic E-state index is 13.3. The highest BCUT2D eigenvalue weighted by atomic mass is 16.5. The van der Waals surface area contributed by atoms with Gasteiger partial charge in [-0.25, -0.2) is 0 Å². The van der Waals surface area contributed by atoms with Gasteiger partial charge in [0.2, 0.25) is 23.6 Å². The van der Waals surface area contributed by atoms with E-state index in [1.54, 1.807) is 6.92 Å². The first-order valence-corrected chi connectivity index (χ1v) is 15.5.